The highest BCUT2D eigenvalue weighted by Crippen LogP contribution is 2.28. The van der Waals surface area contributed by atoms with Gasteiger partial charge < -0.3 is 10.3 Å². The molecule has 3 heteroatoms. The lowest BCUT2D eigenvalue weighted by Crippen LogP contribution is -2.17. The van der Waals surface area contributed by atoms with Crippen molar-refractivity contribution in [3.8, 4) is 0 Å². The molecule has 1 aliphatic rings. The maximum Gasteiger partial charge on any atom is 0.0922 e. The van der Waals surface area contributed by atoms with Crippen LogP contribution in [0.1, 0.15) is 19.0 Å². The summed E-state index contributed by atoms with van der Waals surface area (Å²) in [6.07, 6.45) is 4.90. The summed E-state index contributed by atoms with van der Waals surface area (Å²) in [5.74, 6) is 0.873. The van der Waals surface area contributed by atoms with Crippen LogP contribution >= 0.6 is 0 Å². The van der Waals surface area contributed by atoms with Gasteiger partial charge in [-0.3, -0.25) is 0 Å². The molecule has 0 spiro atoms. The van der Waals surface area contributed by atoms with Gasteiger partial charge in [0.05, 0.1) is 6.33 Å². The fraction of sp³-hybridized carbons (Fsp3) is 0.625. The van der Waals surface area contributed by atoms with Crippen molar-refractivity contribution >= 4 is 0 Å². The van der Waals surface area contributed by atoms with Crippen molar-refractivity contribution in [1.29, 1.82) is 0 Å². The smallest absolute Gasteiger partial charge is 0.0922 e. The fourth-order valence-electron chi connectivity index (χ4n) is 1.23. The molecular formula is C8H13N3. The summed E-state index contributed by atoms with van der Waals surface area (Å²) < 4.78 is 0. The molecule has 0 aromatic carbocycles. The molecule has 2 unspecified atom stereocenters. The van der Waals surface area contributed by atoms with E-state index in [1.165, 1.54) is 12.1 Å². The van der Waals surface area contributed by atoms with Gasteiger partial charge in [0.1, 0.15) is 0 Å². The molecule has 0 saturated heterocycles. The number of nitrogens with one attached hydrogen (secondary N) is 2. The Bertz CT molecular complexity index is 217. The lowest BCUT2D eigenvalue weighted by Gasteiger charge is -1.98. The second-order valence-corrected chi connectivity index (χ2v) is 3.28. The van der Waals surface area contributed by atoms with Crippen LogP contribution in [0.15, 0.2) is 12.5 Å². The average molecular weight is 151 g/mol. The lowest BCUT2D eigenvalue weighted by atomic mass is 10.4. The molecule has 1 saturated carbocycles. The molecule has 60 valence electrons. The normalized spacial score (nSPS) is 28.8. The third-order valence-electron chi connectivity index (χ3n) is 2.22. The van der Waals surface area contributed by atoms with Crippen molar-refractivity contribution < 1.29 is 0 Å². The van der Waals surface area contributed by atoms with Crippen LogP contribution in [0.4, 0.5) is 0 Å². The first-order valence-corrected chi connectivity index (χ1v) is 4.07. The number of rotatable bonds is 3. The Morgan fingerprint density at radius 2 is 2.64 bits per heavy atom. The van der Waals surface area contributed by atoms with Gasteiger partial charge in [-0.2, -0.15) is 0 Å². The van der Waals surface area contributed by atoms with E-state index in [1.54, 1.807) is 6.33 Å². The first-order valence-electron chi connectivity index (χ1n) is 4.07. The summed E-state index contributed by atoms with van der Waals surface area (Å²) in [5, 5.41) is 3.44. The molecule has 1 aromatic heterocycles. The Balaban J connectivity index is 1.75. The van der Waals surface area contributed by atoms with E-state index in [2.05, 4.69) is 22.2 Å². The molecule has 2 atom stereocenters. The van der Waals surface area contributed by atoms with Crippen molar-refractivity contribution in [1.82, 2.24) is 15.3 Å². The summed E-state index contributed by atoms with van der Waals surface area (Å²) in [5.41, 5.74) is 1.17. The van der Waals surface area contributed by atoms with Gasteiger partial charge in [0, 0.05) is 24.5 Å². The third-order valence-corrected chi connectivity index (χ3v) is 2.22. The van der Waals surface area contributed by atoms with Gasteiger partial charge in [0.2, 0.25) is 0 Å². The highest BCUT2D eigenvalue weighted by molar-refractivity contribution is 4.97. The molecule has 2 N–H and O–H groups in total. The zero-order valence-corrected chi connectivity index (χ0v) is 6.67. The highest BCUT2D eigenvalue weighted by Gasteiger charge is 2.31. The van der Waals surface area contributed by atoms with E-state index >= 15 is 0 Å². The highest BCUT2D eigenvalue weighted by atomic mass is 15.0. The second kappa shape index (κ2) is 2.66. The maximum atomic E-state index is 3.94. The van der Waals surface area contributed by atoms with Crippen molar-refractivity contribution in [3.05, 3.63) is 18.2 Å². The fourth-order valence-corrected chi connectivity index (χ4v) is 1.23. The van der Waals surface area contributed by atoms with Gasteiger partial charge in [-0.15, -0.1) is 0 Å². The lowest BCUT2D eigenvalue weighted by molar-refractivity contribution is 0.644. The van der Waals surface area contributed by atoms with E-state index in [1.807, 2.05) is 6.20 Å². The number of aromatic amines is 1. The predicted molar refractivity (Wildman–Crippen MR) is 43.0 cm³/mol. The number of hydrogen-bond acceptors (Lipinski definition) is 2. The summed E-state index contributed by atoms with van der Waals surface area (Å²) in [7, 11) is 0. The van der Waals surface area contributed by atoms with Crippen LogP contribution in [-0.2, 0) is 6.54 Å². The van der Waals surface area contributed by atoms with E-state index in [4.69, 9.17) is 0 Å². The monoisotopic (exact) mass is 151 g/mol. The van der Waals surface area contributed by atoms with E-state index in [0.717, 1.165) is 18.5 Å². The first kappa shape index (κ1) is 6.85. The molecule has 1 heterocycles. The Hall–Kier alpha value is -0.830. The van der Waals surface area contributed by atoms with Gasteiger partial charge in [-0.25, -0.2) is 4.98 Å². The molecular weight excluding hydrogens is 138 g/mol. The van der Waals surface area contributed by atoms with Crippen LogP contribution in [0.3, 0.4) is 0 Å². The molecule has 3 nitrogen and oxygen atoms in total. The minimum Gasteiger partial charge on any atom is -0.347 e. The maximum absolute atomic E-state index is 3.94. The number of hydrogen-bond donors (Lipinski definition) is 2. The quantitative estimate of drug-likeness (QED) is 0.674. The van der Waals surface area contributed by atoms with Gasteiger partial charge in [-0.05, 0) is 12.3 Å². The summed E-state index contributed by atoms with van der Waals surface area (Å²) in [6.45, 7) is 3.19. The van der Waals surface area contributed by atoms with Gasteiger partial charge >= 0.3 is 0 Å². The van der Waals surface area contributed by atoms with Crippen LogP contribution in [-0.4, -0.2) is 16.0 Å². The zero-order chi connectivity index (χ0) is 7.68. The molecule has 0 bridgehead atoms. The minimum absolute atomic E-state index is 0.748. The van der Waals surface area contributed by atoms with Crippen molar-refractivity contribution in [2.75, 3.05) is 0 Å². The van der Waals surface area contributed by atoms with Gasteiger partial charge in [0.15, 0.2) is 0 Å². The van der Waals surface area contributed by atoms with E-state index in [-0.39, 0.29) is 0 Å². The van der Waals surface area contributed by atoms with Crippen LogP contribution in [0.5, 0.6) is 0 Å². The van der Waals surface area contributed by atoms with Crippen molar-refractivity contribution in [2.45, 2.75) is 25.9 Å². The molecule has 0 aliphatic heterocycles. The summed E-state index contributed by atoms with van der Waals surface area (Å²) >= 11 is 0. The number of aromatic nitrogens is 2. The van der Waals surface area contributed by atoms with Crippen molar-refractivity contribution in [3.63, 3.8) is 0 Å². The predicted octanol–water partition coefficient (Wildman–Crippen LogP) is 0.908. The topological polar surface area (TPSA) is 40.7 Å². The van der Waals surface area contributed by atoms with Crippen LogP contribution in [0.25, 0.3) is 0 Å². The molecule has 11 heavy (non-hydrogen) atoms. The molecule has 1 fully saturated rings. The molecule has 1 aliphatic carbocycles. The van der Waals surface area contributed by atoms with Gasteiger partial charge in [-0.1, -0.05) is 6.92 Å². The Kier molecular flexibility index (Phi) is 1.66. The van der Waals surface area contributed by atoms with E-state index in [9.17, 15) is 0 Å². The average Bonchev–Trinajstić information content (AvgIpc) is 2.55. The number of nitrogens with zero attached hydrogens (tertiary/aromatic N) is 1. The third kappa shape index (κ3) is 1.60. The zero-order valence-electron chi connectivity index (χ0n) is 6.67. The number of H-pyrrole nitrogens is 1. The SMILES string of the molecule is CC1CC1NCc1cnc[nH]1. The van der Waals surface area contributed by atoms with Crippen molar-refractivity contribution in [2.24, 2.45) is 5.92 Å². The summed E-state index contributed by atoms with van der Waals surface area (Å²) in [6, 6.07) is 0.748. The molecule has 2 rings (SSSR count). The van der Waals surface area contributed by atoms with Crippen LogP contribution in [0, 0.1) is 5.92 Å². The van der Waals surface area contributed by atoms with Crippen LogP contribution in [0.2, 0.25) is 0 Å². The molecule has 0 radical (unpaired) electrons. The number of imidazole rings is 1. The Morgan fingerprint density at radius 3 is 3.18 bits per heavy atom. The Labute approximate surface area is 66.2 Å². The standard InChI is InChI=1S/C8H13N3/c1-6-2-8(6)10-4-7-3-9-5-11-7/h3,5-6,8,10H,2,4H2,1H3,(H,9,11). The van der Waals surface area contributed by atoms with E-state index < -0.39 is 0 Å². The van der Waals surface area contributed by atoms with Gasteiger partial charge in [0.25, 0.3) is 0 Å². The first-order chi connectivity index (χ1) is 5.36. The largest absolute Gasteiger partial charge is 0.347 e. The summed E-state index contributed by atoms with van der Waals surface area (Å²) in [4.78, 5) is 7.01. The molecule has 0 amide bonds. The van der Waals surface area contributed by atoms with E-state index in [0.29, 0.717) is 0 Å². The Morgan fingerprint density at radius 1 is 1.82 bits per heavy atom. The minimum atomic E-state index is 0.748. The van der Waals surface area contributed by atoms with Crippen LogP contribution < -0.4 is 5.32 Å². The second-order valence-electron chi connectivity index (χ2n) is 3.28. The molecule has 1 aromatic rings.